The van der Waals surface area contributed by atoms with Crippen molar-refractivity contribution in [2.45, 2.75) is 18.9 Å². The minimum absolute atomic E-state index is 0.0975. The molecule has 0 aromatic heterocycles. The van der Waals surface area contributed by atoms with Gasteiger partial charge in [-0.2, -0.15) is 5.26 Å². The predicted molar refractivity (Wildman–Crippen MR) is 109 cm³/mol. The van der Waals surface area contributed by atoms with E-state index in [0.717, 1.165) is 0 Å². The number of halogens is 2. The van der Waals surface area contributed by atoms with Gasteiger partial charge in [0.25, 0.3) is 5.91 Å². The van der Waals surface area contributed by atoms with Gasteiger partial charge in [-0.1, -0.05) is 35.3 Å². The number of aromatic hydroxyl groups is 1. The zero-order valence-electron chi connectivity index (χ0n) is 14.3. The number of thiocarbonyl (C=S) groups is 1. The number of hydrogen-bond donors (Lipinski definition) is 1. The second kappa shape index (κ2) is 7.35. The van der Waals surface area contributed by atoms with Crippen LogP contribution in [0.15, 0.2) is 42.5 Å². The molecule has 3 rings (SSSR count). The largest absolute Gasteiger partial charge is 0.508 e. The van der Waals surface area contributed by atoms with Crippen LogP contribution in [0.4, 0.5) is 5.69 Å². The average Bonchev–Trinajstić information content (AvgIpc) is 2.83. The van der Waals surface area contributed by atoms with E-state index in [1.165, 1.54) is 17.0 Å². The van der Waals surface area contributed by atoms with Crippen molar-refractivity contribution in [3.05, 3.63) is 58.1 Å². The number of amides is 1. The third-order valence-electron chi connectivity index (χ3n) is 4.62. The number of benzene rings is 2. The van der Waals surface area contributed by atoms with Crippen molar-refractivity contribution in [3.8, 4) is 11.8 Å². The second-order valence-electron chi connectivity index (χ2n) is 6.20. The van der Waals surface area contributed by atoms with Gasteiger partial charge in [0.1, 0.15) is 11.3 Å². The lowest BCUT2D eigenvalue weighted by Gasteiger charge is -2.32. The molecule has 0 bridgehead atoms. The SMILES string of the molecule is CC1(c2ccc(O)cc2)C(=O)N(c2ccc(Cl)c(Cl)c2)C(=S)N1CCC#N. The fourth-order valence-corrected chi connectivity index (χ4v) is 3.88. The lowest BCUT2D eigenvalue weighted by molar-refractivity contribution is -0.124. The molecule has 1 saturated heterocycles. The third-order valence-corrected chi connectivity index (χ3v) is 5.76. The molecule has 1 atom stereocenters. The van der Waals surface area contributed by atoms with Crippen molar-refractivity contribution in [2.75, 3.05) is 11.4 Å². The van der Waals surface area contributed by atoms with E-state index in [4.69, 9.17) is 40.7 Å². The van der Waals surface area contributed by atoms with E-state index in [0.29, 0.717) is 21.3 Å². The first-order valence-electron chi connectivity index (χ1n) is 8.08. The van der Waals surface area contributed by atoms with E-state index >= 15 is 0 Å². The normalized spacial score (nSPS) is 19.5. The molecule has 5 nitrogen and oxygen atoms in total. The van der Waals surface area contributed by atoms with Crippen LogP contribution in [-0.2, 0) is 10.3 Å². The smallest absolute Gasteiger partial charge is 0.263 e. The van der Waals surface area contributed by atoms with Gasteiger partial charge >= 0.3 is 0 Å². The lowest BCUT2D eigenvalue weighted by Crippen LogP contribution is -2.44. The van der Waals surface area contributed by atoms with E-state index in [1.54, 1.807) is 42.2 Å². The molecule has 2 aromatic rings. The molecule has 0 radical (unpaired) electrons. The highest BCUT2D eigenvalue weighted by molar-refractivity contribution is 7.80. The van der Waals surface area contributed by atoms with Gasteiger partial charge in [-0.25, -0.2) is 0 Å². The highest BCUT2D eigenvalue weighted by Gasteiger charge is 2.53. The summed E-state index contributed by atoms with van der Waals surface area (Å²) in [4.78, 5) is 16.6. The second-order valence-corrected chi connectivity index (χ2v) is 7.38. The molecule has 27 heavy (non-hydrogen) atoms. The van der Waals surface area contributed by atoms with Crippen LogP contribution in [0.2, 0.25) is 10.0 Å². The van der Waals surface area contributed by atoms with Crippen molar-refractivity contribution in [3.63, 3.8) is 0 Å². The summed E-state index contributed by atoms with van der Waals surface area (Å²) in [5, 5.41) is 19.6. The van der Waals surface area contributed by atoms with Gasteiger partial charge in [0, 0.05) is 6.54 Å². The number of carbonyl (C=O) groups excluding carboxylic acids is 1. The van der Waals surface area contributed by atoms with Gasteiger partial charge in [0.2, 0.25) is 0 Å². The Morgan fingerprint density at radius 2 is 1.85 bits per heavy atom. The van der Waals surface area contributed by atoms with Gasteiger partial charge in [-0.05, 0) is 55.0 Å². The van der Waals surface area contributed by atoms with Crippen LogP contribution in [0.3, 0.4) is 0 Å². The quantitative estimate of drug-likeness (QED) is 0.740. The Morgan fingerprint density at radius 3 is 2.44 bits per heavy atom. The Balaban J connectivity index is 2.12. The maximum absolute atomic E-state index is 13.5. The summed E-state index contributed by atoms with van der Waals surface area (Å²) >= 11 is 17.7. The van der Waals surface area contributed by atoms with Crippen molar-refractivity contribution in [1.82, 2.24) is 4.90 Å². The van der Waals surface area contributed by atoms with E-state index < -0.39 is 5.54 Å². The summed E-state index contributed by atoms with van der Waals surface area (Å²) in [5.41, 5.74) is 0.0466. The summed E-state index contributed by atoms with van der Waals surface area (Å²) in [7, 11) is 0. The van der Waals surface area contributed by atoms with E-state index in [1.807, 2.05) is 0 Å². The summed E-state index contributed by atoms with van der Waals surface area (Å²) in [6.07, 6.45) is 0.205. The summed E-state index contributed by atoms with van der Waals surface area (Å²) in [6.45, 7) is 2.04. The molecule has 0 saturated carbocycles. The monoisotopic (exact) mass is 419 g/mol. The molecule has 138 valence electrons. The van der Waals surface area contributed by atoms with Crippen LogP contribution in [0.5, 0.6) is 5.75 Å². The molecule has 1 aliphatic rings. The molecular formula is C19H15Cl2N3O2S. The maximum Gasteiger partial charge on any atom is 0.263 e. The fraction of sp³-hybridized carbons (Fsp3) is 0.211. The number of anilines is 1. The van der Waals surface area contributed by atoms with E-state index in [9.17, 15) is 9.90 Å². The standard InChI is InChI=1S/C19H15Cl2N3O2S/c1-19(12-3-6-14(25)7-4-12)17(26)24(18(27)23(19)10-2-9-22)13-5-8-15(20)16(21)11-13/h3-8,11,25H,2,10H2,1H3. The van der Waals surface area contributed by atoms with Crippen LogP contribution in [0.1, 0.15) is 18.9 Å². The number of nitrogens with zero attached hydrogens (tertiary/aromatic N) is 3. The van der Waals surface area contributed by atoms with Gasteiger partial charge < -0.3 is 10.0 Å². The van der Waals surface area contributed by atoms with Gasteiger partial charge in [-0.3, -0.25) is 9.69 Å². The van der Waals surface area contributed by atoms with Crippen LogP contribution >= 0.6 is 35.4 Å². The van der Waals surface area contributed by atoms with Crippen molar-refractivity contribution in [1.29, 1.82) is 5.26 Å². The zero-order chi connectivity index (χ0) is 19.8. The Labute approximate surface area is 172 Å². The first kappa shape index (κ1) is 19.4. The van der Waals surface area contributed by atoms with Crippen LogP contribution in [0, 0.1) is 11.3 Å². The number of hydrogen-bond acceptors (Lipinski definition) is 4. The molecule has 1 amide bonds. The first-order valence-corrected chi connectivity index (χ1v) is 9.24. The molecular weight excluding hydrogens is 405 g/mol. The first-order chi connectivity index (χ1) is 12.8. The van der Waals surface area contributed by atoms with Gasteiger partial charge in [0.15, 0.2) is 5.11 Å². The van der Waals surface area contributed by atoms with Crippen molar-refractivity contribution in [2.24, 2.45) is 0 Å². The van der Waals surface area contributed by atoms with Crippen LogP contribution in [-0.4, -0.2) is 27.6 Å². The van der Waals surface area contributed by atoms with Gasteiger partial charge in [-0.15, -0.1) is 0 Å². The minimum Gasteiger partial charge on any atom is -0.508 e. The maximum atomic E-state index is 13.5. The average molecular weight is 420 g/mol. The Morgan fingerprint density at radius 1 is 1.19 bits per heavy atom. The molecule has 8 heteroatoms. The number of phenols is 1. The fourth-order valence-electron chi connectivity index (χ4n) is 3.13. The molecule has 1 unspecified atom stereocenters. The number of carbonyl (C=O) groups is 1. The Hall–Kier alpha value is -2.33. The highest BCUT2D eigenvalue weighted by atomic mass is 35.5. The summed E-state index contributed by atoms with van der Waals surface area (Å²) in [5.74, 6) is -0.171. The molecule has 2 aromatic carbocycles. The Bertz CT molecular complexity index is 958. The Kier molecular flexibility index (Phi) is 5.29. The summed E-state index contributed by atoms with van der Waals surface area (Å²) < 4.78 is 0. The zero-order valence-corrected chi connectivity index (χ0v) is 16.6. The summed E-state index contributed by atoms with van der Waals surface area (Å²) in [6, 6.07) is 13.3. The van der Waals surface area contributed by atoms with E-state index in [2.05, 4.69) is 6.07 Å². The predicted octanol–water partition coefficient (Wildman–Crippen LogP) is 4.46. The molecule has 1 N–H and O–H groups in total. The molecule has 0 aliphatic carbocycles. The number of phenolic OH excluding ortho intramolecular Hbond substituents is 1. The minimum atomic E-state index is -1.12. The van der Waals surface area contributed by atoms with Crippen molar-refractivity contribution < 1.29 is 9.90 Å². The van der Waals surface area contributed by atoms with Gasteiger partial charge in [0.05, 0.1) is 28.2 Å². The van der Waals surface area contributed by atoms with Crippen molar-refractivity contribution >= 4 is 52.1 Å². The molecule has 1 aliphatic heterocycles. The lowest BCUT2D eigenvalue weighted by atomic mass is 9.90. The molecule has 1 fully saturated rings. The molecule has 1 heterocycles. The number of rotatable bonds is 4. The van der Waals surface area contributed by atoms with Crippen LogP contribution in [0.25, 0.3) is 0 Å². The van der Waals surface area contributed by atoms with E-state index in [-0.39, 0.29) is 29.7 Å². The highest BCUT2D eigenvalue weighted by Crippen LogP contribution is 2.41. The topological polar surface area (TPSA) is 67.6 Å². The van der Waals surface area contributed by atoms with Crippen LogP contribution < -0.4 is 4.90 Å². The molecule has 0 spiro atoms. The third kappa shape index (κ3) is 3.23. The number of nitriles is 1.